The van der Waals surface area contributed by atoms with Gasteiger partial charge in [-0.25, -0.2) is 9.78 Å². The summed E-state index contributed by atoms with van der Waals surface area (Å²) in [6.07, 6.45) is 1.66. The van der Waals surface area contributed by atoms with Crippen LogP contribution in [0.3, 0.4) is 0 Å². The van der Waals surface area contributed by atoms with Crippen LogP contribution in [-0.2, 0) is 9.47 Å². The molecule has 0 saturated carbocycles. The summed E-state index contributed by atoms with van der Waals surface area (Å²) < 4.78 is 10.1. The molecule has 0 atom stereocenters. The molecule has 0 spiro atoms. The van der Waals surface area contributed by atoms with Crippen LogP contribution in [0.4, 0.5) is 5.82 Å². The molecule has 0 amide bonds. The molecule has 20 heavy (non-hydrogen) atoms. The smallest absolute Gasteiger partial charge is 0.346 e. The van der Waals surface area contributed by atoms with E-state index in [4.69, 9.17) is 21.1 Å². The molecule has 0 aromatic carbocycles. The number of carbonyl (C=O) groups is 1. The highest BCUT2D eigenvalue weighted by Crippen LogP contribution is 2.18. The van der Waals surface area contributed by atoms with Crippen molar-refractivity contribution >= 4 is 17.6 Å². The first kappa shape index (κ1) is 14.1. The van der Waals surface area contributed by atoms with Crippen molar-refractivity contribution in [3.8, 4) is 0 Å². The standard InChI is InChI=1S/C12H17N5O3/c1-19-12(18)9-6-8(10(13)16-14)7-15-11(9)17-2-4-20-5-3-17/h6-7H,2-5,14H2,1H3,(H2,13,16)/p+1. The van der Waals surface area contributed by atoms with Crippen LogP contribution >= 0.6 is 0 Å². The number of hydrogen-bond acceptors (Lipinski definition) is 6. The van der Waals surface area contributed by atoms with Gasteiger partial charge in [-0.15, -0.1) is 0 Å². The van der Waals surface area contributed by atoms with Crippen molar-refractivity contribution in [1.29, 1.82) is 0 Å². The Labute approximate surface area is 116 Å². The average molecular weight is 280 g/mol. The molecule has 0 bridgehead atoms. The Kier molecular flexibility index (Phi) is 4.36. The summed E-state index contributed by atoms with van der Waals surface area (Å²) in [6.45, 7) is 2.62. The third-order valence-corrected chi connectivity index (χ3v) is 3.09. The third kappa shape index (κ3) is 2.80. The van der Waals surface area contributed by atoms with Gasteiger partial charge in [-0.1, -0.05) is 0 Å². The zero-order chi connectivity index (χ0) is 14.5. The number of aromatic amines is 1. The number of hydrogen-bond donors (Lipinski definition) is 2. The van der Waals surface area contributed by atoms with Gasteiger partial charge < -0.3 is 21.1 Å². The first-order valence-electron chi connectivity index (χ1n) is 6.18. The summed E-state index contributed by atoms with van der Waals surface area (Å²) in [7, 11) is 1.33. The molecule has 1 saturated heterocycles. The second-order valence-electron chi connectivity index (χ2n) is 4.26. The highest BCUT2D eigenvalue weighted by atomic mass is 16.5. The van der Waals surface area contributed by atoms with E-state index in [1.807, 2.05) is 4.90 Å². The summed E-state index contributed by atoms with van der Waals surface area (Å²) in [4.78, 5) is 17.0. The van der Waals surface area contributed by atoms with E-state index in [9.17, 15) is 4.79 Å². The number of nitrogens with zero attached hydrogens (tertiary/aromatic N) is 2. The fourth-order valence-electron chi connectivity index (χ4n) is 2.03. The van der Waals surface area contributed by atoms with Crippen molar-refractivity contribution in [2.75, 3.05) is 38.3 Å². The quantitative estimate of drug-likeness (QED) is 0.234. The first-order chi connectivity index (χ1) is 9.67. The van der Waals surface area contributed by atoms with Gasteiger partial charge in [0.25, 0.3) is 5.82 Å². The van der Waals surface area contributed by atoms with Crippen LogP contribution in [0, 0.1) is 0 Å². The van der Waals surface area contributed by atoms with Crippen LogP contribution in [-0.4, -0.2) is 45.2 Å². The second-order valence-corrected chi connectivity index (χ2v) is 4.26. The van der Waals surface area contributed by atoms with Gasteiger partial charge in [0.1, 0.15) is 18.7 Å². The molecule has 2 rings (SSSR count). The maximum Gasteiger partial charge on any atom is 0.346 e. The van der Waals surface area contributed by atoms with Crippen LogP contribution in [0.1, 0.15) is 15.9 Å². The molecule has 0 radical (unpaired) electrons. The fraction of sp³-hybridized carbons (Fsp3) is 0.417. The van der Waals surface area contributed by atoms with Gasteiger partial charge in [-0.05, 0) is 6.07 Å². The van der Waals surface area contributed by atoms with E-state index >= 15 is 0 Å². The molecular weight excluding hydrogens is 262 g/mol. The third-order valence-electron chi connectivity index (χ3n) is 3.09. The largest absolute Gasteiger partial charge is 0.465 e. The zero-order valence-corrected chi connectivity index (χ0v) is 11.3. The fourth-order valence-corrected chi connectivity index (χ4v) is 2.03. The van der Waals surface area contributed by atoms with E-state index in [0.29, 0.717) is 43.2 Å². The Morgan fingerprint density at radius 3 is 2.80 bits per heavy atom. The highest BCUT2D eigenvalue weighted by Gasteiger charge is 2.27. The van der Waals surface area contributed by atoms with E-state index in [2.05, 4.69) is 10.1 Å². The minimum absolute atomic E-state index is 0.139. The van der Waals surface area contributed by atoms with E-state index in [0.717, 1.165) is 0 Å². The maximum absolute atomic E-state index is 11.9. The molecule has 1 aliphatic heterocycles. The minimum Gasteiger partial charge on any atom is -0.465 e. The lowest BCUT2D eigenvalue weighted by Gasteiger charge is -2.22. The number of methoxy groups -OCH3 is 1. The van der Waals surface area contributed by atoms with Crippen molar-refractivity contribution in [3.05, 3.63) is 23.4 Å². The van der Waals surface area contributed by atoms with Gasteiger partial charge in [0.05, 0.1) is 32.1 Å². The van der Waals surface area contributed by atoms with Crippen LogP contribution in [0.2, 0.25) is 0 Å². The van der Waals surface area contributed by atoms with Crippen molar-refractivity contribution in [2.24, 2.45) is 16.7 Å². The number of anilines is 1. The molecule has 1 aromatic heterocycles. The Balaban J connectivity index is 2.42. The Morgan fingerprint density at radius 1 is 1.50 bits per heavy atom. The lowest BCUT2D eigenvalue weighted by Crippen LogP contribution is -2.41. The number of carbonyl (C=O) groups excluding carboxylic acids is 1. The van der Waals surface area contributed by atoms with Gasteiger partial charge in [0.2, 0.25) is 0 Å². The number of amidine groups is 1. The van der Waals surface area contributed by atoms with Gasteiger partial charge >= 0.3 is 5.97 Å². The van der Waals surface area contributed by atoms with E-state index < -0.39 is 5.97 Å². The highest BCUT2D eigenvalue weighted by molar-refractivity contribution is 6.01. The number of esters is 1. The molecule has 1 aromatic rings. The number of nitrogens with two attached hydrogens (primary N) is 2. The number of H-pyrrole nitrogens is 1. The van der Waals surface area contributed by atoms with Gasteiger partial charge in [0, 0.05) is 0 Å². The molecule has 0 aliphatic carbocycles. The molecule has 1 fully saturated rings. The van der Waals surface area contributed by atoms with Crippen molar-refractivity contribution in [1.82, 2.24) is 0 Å². The number of morpholine rings is 1. The molecule has 8 nitrogen and oxygen atoms in total. The summed E-state index contributed by atoms with van der Waals surface area (Å²) in [5.41, 5.74) is 6.57. The number of nitrogens with one attached hydrogen (secondary N) is 1. The maximum atomic E-state index is 11.9. The molecule has 2 heterocycles. The molecule has 0 unspecified atom stereocenters. The normalized spacial score (nSPS) is 16.1. The SMILES string of the molecule is COC(=O)c1cc(C(N)=NN)c[nH+]c1N1CCOCC1. The van der Waals surface area contributed by atoms with Crippen molar-refractivity contribution in [3.63, 3.8) is 0 Å². The number of rotatable bonds is 3. The topological polar surface area (TPSA) is 117 Å². The average Bonchev–Trinajstić information content (AvgIpc) is 2.53. The lowest BCUT2D eigenvalue weighted by molar-refractivity contribution is -0.364. The predicted octanol–water partition coefficient (Wildman–Crippen LogP) is -1.30. The summed E-state index contributed by atoms with van der Waals surface area (Å²) in [6, 6.07) is 1.61. The lowest BCUT2D eigenvalue weighted by atomic mass is 10.1. The van der Waals surface area contributed by atoms with Crippen LogP contribution in [0.25, 0.3) is 0 Å². The Morgan fingerprint density at radius 2 is 2.20 bits per heavy atom. The van der Waals surface area contributed by atoms with E-state index in [-0.39, 0.29) is 5.84 Å². The summed E-state index contributed by atoms with van der Waals surface area (Å²) >= 11 is 0. The van der Waals surface area contributed by atoms with E-state index in [1.165, 1.54) is 7.11 Å². The molecule has 8 heteroatoms. The molecular formula is C12H18N5O3+. The number of pyridine rings is 1. The minimum atomic E-state index is -0.450. The van der Waals surface area contributed by atoms with Crippen molar-refractivity contribution in [2.45, 2.75) is 0 Å². The predicted molar refractivity (Wildman–Crippen MR) is 72.3 cm³/mol. The zero-order valence-electron chi connectivity index (χ0n) is 11.3. The number of hydrazone groups is 1. The van der Waals surface area contributed by atoms with Gasteiger partial charge in [-0.3, -0.25) is 4.90 Å². The van der Waals surface area contributed by atoms with E-state index in [1.54, 1.807) is 12.3 Å². The van der Waals surface area contributed by atoms with Crippen LogP contribution in [0.15, 0.2) is 17.4 Å². The second kappa shape index (κ2) is 6.20. The first-order valence-corrected chi connectivity index (χ1v) is 6.18. The number of aromatic nitrogens is 1. The van der Waals surface area contributed by atoms with Crippen molar-refractivity contribution < 1.29 is 19.3 Å². The number of ether oxygens (including phenoxy) is 2. The molecule has 108 valence electrons. The molecule has 5 N–H and O–H groups in total. The summed E-state index contributed by atoms with van der Waals surface area (Å²) in [5.74, 6) is 5.51. The molecule has 1 aliphatic rings. The van der Waals surface area contributed by atoms with Crippen LogP contribution in [0.5, 0.6) is 0 Å². The van der Waals surface area contributed by atoms with Gasteiger partial charge in [-0.2, -0.15) is 5.10 Å². The van der Waals surface area contributed by atoms with Crippen LogP contribution < -0.4 is 21.5 Å². The van der Waals surface area contributed by atoms with Gasteiger partial charge in [0.15, 0.2) is 5.84 Å². The summed E-state index contributed by atoms with van der Waals surface area (Å²) in [5, 5.41) is 3.42. The Bertz CT molecular complexity index is 526. The Hall–Kier alpha value is -2.35. The monoisotopic (exact) mass is 280 g/mol.